The maximum absolute atomic E-state index is 12.8. The Kier molecular flexibility index (Phi) is 6.60. The molecule has 0 unspecified atom stereocenters. The molecule has 0 aromatic heterocycles. The summed E-state index contributed by atoms with van der Waals surface area (Å²) in [4.78, 5) is 17.8. The number of piperidine rings is 1. The van der Waals surface area contributed by atoms with E-state index in [1.165, 1.54) is 12.8 Å². The second-order valence-electron chi connectivity index (χ2n) is 9.03. The molecule has 2 heterocycles. The highest BCUT2D eigenvalue weighted by Crippen LogP contribution is 2.36. The predicted molar refractivity (Wildman–Crippen MR) is 114 cm³/mol. The Balaban J connectivity index is 1.30. The zero-order chi connectivity index (χ0) is 20.3. The molecular formula is C23H34N2O3S. The SMILES string of the molecule is O=C(C1CC1)N1CCCCC[C@H]1C1CCN(CCS(=O)(=O)c2ccccc2)CC1. The summed E-state index contributed by atoms with van der Waals surface area (Å²) >= 11 is 0. The van der Waals surface area contributed by atoms with Crippen molar-refractivity contribution in [2.75, 3.05) is 31.9 Å². The van der Waals surface area contributed by atoms with Gasteiger partial charge in [-0.3, -0.25) is 4.79 Å². The van der Waals surface area contributed by atoms with E-state index >= 15 is 0 Å². The van der Waals surface area contributed by atoms with E-state index in [4.69, 9.17) is 0 Å². The van der Waals surface area contributed by atoms with Crippen LogP contribution >= 0.6 is 0 Å². The fraction of sp³-hybridized carbons (Fsp3) is 0.696. The van der Waals surface area contributed by atoms with Crippen molar-refractivity contribution >= 4 is 15.7 Å². The lowest BCUT2D eigenvalue weighted by atomic mass is 9.86. The molecule has 1 aromatic carbocycles. The molecule has 0 bridgehead atoms. The van der Waals surface area contributed by atoms with Gasteiger partial charge in [0.1, 0.15) is 0 Å². The van der Waals surface area contributed by atoms with E-state index < -0.39 is 9.84 Å². The van der Waals surface area contributed by atoms with Crippen LogP contribution in [0.3, 0.4) is 0 Å². The van der Waals surface area contributed by atoms with E-state index in [1.54, 1.807) is 24.3 Å². The van der Waals surface area contributed by atoms with Crippen molar-refractivity contribution < 1.29 is 13.2 Å². The second-order valence-corrected chi connectivity index (χ2v) is 11.1. The van der Waals surface area contributed by atoms with E-state index in [-0.39, 0.29) is 5.75 Å². The van der Waals surface area contributed by atoms with Gasteiger partial charge in [-0.15, -0.1) is 0 Å². The summed E-state index contributed by atoms with van der Waals surface area (Å²) in [5, 5.41) is 0. The molecule has 0 radical (unpaired) electrons. The fourth-order valence-electron chi connectivity index (χ4n) is 5.02. The van der Waals surface area contributed by atoms with Gasteiger partial charge in [0, 0.05) is 25.0 Å². The minimum Gasteiger partial charge on any atom is -0.339 e. The van der Waals surface area contributed by atoms with Crippen LogP contribution in [-0.4, -0.2) is 62.1 Å². The van der Waals surface area contributed by atoms with Gasteiger partial charge in [0.15, 0.2) is 9.84 Å². The fourth-order valence-corrected chi connectivity index (χ4v) is 6.33. The Labute approximate surface area is 175 Å². The van der Waals surface area contributed by atoms with Gasteiger partial charge >= 0.3 is 0 Å². The van der Waals surface area contributed by atoms with Crippen molar-refractivity contribution in [1.29, 1.82) is 0 Å². The molecule has 3 aliphatic rings. The first-order chi connectivity index (χ1) is 14.0. The van der Waals surface area contributed by atoms with Gasteiger partial charge in [-0.1, -0.05) is 31.0 Å². The predicted octanol–water partition coefficient (Wildman–Crippen LogP) is 3.35. The van der Waals surface area contributed by atoms with Crippen molar-refractivity contribution in [3.05, 3.63) is 30.3 Å². The summed E-state index contributed by atoms with van der Waals surface area (Å²) < 4.78 is 25.1. The van der Waals surface area contributed by atoms with Crippen LogP contribution < -0.4 is 0 Å². The number of carbonyl (C=O) groups excluding carboxylic acids is 1. The monoisotopic (exact) mass is 418 g/mol. The molecule has 1 atom stereocenters. The lowest BCUT2D eigenvalue weighted by molar-refractivity contribution is -0.136. The third-order valence-electron chi connectivity index (χ3n) is 6.96. The average molecular weight is 419 g/mol. The summed E-state index contributed by atoms with van der Waals surface area (Å²) in [6.45, 7) is 3.42. The van der Waals surface area contributed by atoms with E-state index in [0.29, 0.717) is 35.2 Å². The van der Waals surface area contributed by atoms with Crippen LogP contribution in [0.25, 0.3) is 0 Å². The average Bonchev–Trinajstić information content (AvgIpc) is 3.60. The number of nitrogens with zero attached hydrogens (tertiary/aromatic N) is 2. The van der Waals surface area contributed by atoms with Crippen LogP contribution in [0.2, 0.25) is 0 Å². The first-order valence-electron chi connectivity index (χ1n) is 11.4. The van der Waals surface area contributed by atoms with E-state index in [1.807, 2.05) is 6.07 Å². The van der Waals surface area contributed by atoms with Crippen molar-refractivity contribution in [2.45, 2.75) is 62.3 Å². The molecule has 0 N–H and O–H groups in total. The Morgan fingerprint density at radius 3 is 2.31 bits per heavy atom. The molecule has 2 aliphatic heterocycles. The van der Waals surface area contributed by atoms with Crippen molar-refractivity contribution in [3.63, 3.8) is 0 Å². The Bertz CT molecular complexity index is 784. The van der Waals surface area contributed by atoms with Gasteiger partial charge in [0.2, 0.25) is 5.91 Å². The largest absolute Gasteiger partial charge is 0.339 e. The zero-order valence-electron chi connectivity index (χ0n) is 17.3. The van der Waals surface area contributed by atoms with Gasteiger partial charge in [-0.05, 0) is 69.7 Å². The van der Waals surface area contributed by atoms with E-state index in [9.17, 15) is 13.2 Å². The van der Waals surface area contributed by atoms with Gasteiger partial charge in [0.25, 0.3) is 0 Å². The lowest BCUT2D eigenvalue weighted by Gasteiger charge is -2.41. The maximum Gasteiger partial charge on any atom is 0.225 e. The van der Waals surface area contributed by atoms with E-state index in [2.05, 4.69) is 9.80 Å². The smallest absolute Gasteiger partial charge is 0.225 e. The Morgan fingerprint density at radius 1 is 0.897 bits per heavy atom. The number of rotatable bonds is 6. The summed E-state index contributed by atoms with van der Waals surface area (Å²) in [7, 11) is -3.22. The molecule has 1 saturated carbocycles. The summed E-state index contributed by atoms with van der Waals surface area (Å²) in [6, 6.07) is 9.16. The van der Waals surface area contributed by atoms with Gasteiger partial charge in [-0.25, -0.2) is 8.42 Å². The normalized spacial score (nSPS) is 25.0. The van der Waals surface area contributed by atoms with Crippen molar-refractivity contribution in [3.8, 4) is 0 Å². The maximum atomic E-state index is 12.8. The molecule has 1 aliphatic carbocycles. The summed E-state index contributed by atoms with van der Waals surface area (Å²) in [6.07, 6.45) is 9.06. The topological polar surface area (TPSA) is 57.7 Å². The molecule has 160 valence electrons. The second kappa shape index (κ2) is 9.17. The number of sulfone groups is 1. The standard InChI is InChI=1S/C23H34N2O3S/c26-23(20-10-11-20)25-14-6-2-5-9-22(25)19-12-15-24(16-13-19)17-18-29(27,28)21-7-3-1-4-8-21/h1,3-4,7-8,19-20,22H,2,5-6,9-18H2/t22-/m0/s1. The molecular weight excluding hydrogens is 384 g/mol. The van der Waals surface area contributed by atoms with Crippen LogP contribution in [0.1, 0.15) is 51.4 Å². The first-order valence-corrected chi connectivity index (χ1v) is 13.0. The van der Waals surface area contributed by atoms with Gasteiger partial charge in [-0.2, -0.15) is 0 Å². The van der Waals surface area contributed by atoms with E-state index in [0.717, 1.165) is 58.2 Å². The Morgan fingerprint density at radius 2 is 1.62 bits per heavy atom. The minimum absolute atomic E-state index is 0.178. The van der Waals surface area contributed by atoms with Crippen LogP contribution in [-0.2, 0) is 14.6 Å². The van der Waals surface area contributed by atoms with Crippen molar-refractivity contribution in [2.24, 2.45) is 11.8 Å². The highest BCUT2D eigenvalue weighted by Gasteiger charge is 2.39. The molecule has 4 rings (SSSR count). The molecule has 3 fully saturated rings. The highest BCUT2D eigenvalue weighted by atomic mass is 32.2. The number of hydrogen-bond donors (Lipinski definition) is 0. The van der Waals surface area contributed by atoms with Crippen LogP contribution in [0.4, 0.5) is 0 Å². The van der Waals surface area contributed by atoms with Crippen LogP contribution in [0.15, 0.2) is 35.2 Å². The first kappa shape index (κ1) is 20.9. The molecule has 29 heavy (non-hydrogen) atoms. The van der Waals surface area contributed by atoms with Gasteiger partial charge in [0.05, 0.1) is 10.6 Å². The Hall–Kier alpha value is -1.40. The zero-order valence-corrected chi connectivity index (χ0v) is 18.2. The van der Waals surface area contributed by atoms with Crippen molar-refractivity contribution in [1.82, 2.24) is 9.80 Å². The third-order valence-corrected chi connectivity index (χ3v) is 8.67. The minimum atomic E-state index is -3.22. The quantitative estimate of drug-likeness (QED) is 0.711. The molecule has 6 heteroatoms. The molecule has 1 amide bonds. The number of hydrogen-bond acceptors (Lipinski definition) is 4. The molecule has 0 spiro atoms. The van der Waals surface area contributed by atoms with Crippen LogP contribution in [0.5, 0.6) is 0 Å². The number of amides is 1. The summed E-state index contributed by atoms with van der Waals surface area (Å²) in [5.74, 6) is 1.46. The third kappa shape index (κ3) is 5.21. The highest BCUT2D eigenvalue weighted by molar-refractivity contribution is 7.91. The van der Waals surface area contributed by atoms with Gasteiger partial charge < -0.3 is 9.80 Å². The van der Waals surface area contributed by atoms with Crippen LogP contribution in [0, 0.1) is 11.8 Å². The molecule has 5 nitrogen and oxygen atoms in total. The number of carbonyl (C=O) groups is 1. The summed E-state index contributed by atoms with van der Waals surface area (Å²) in [5.41, 5.74) is 0. The lowest BCUT2D eigenvalue weighted by Crippen LogP contribution is -2.48. The number of likely N-dealkylation sites (tertiary alicyclic amines) is 2. The molecule has 2 saturated heterocycles. The molecule has 1 aromatic rings. The number of benzene rings is 1.